The summed E-state index contributed by atoms with van der Waals surface area (Å²) in [6.07, 6.45) is 5.93. The van der Waals surface area contributed by atoms with Gasteiger partial charge in [0.25, 0.3) is 0 Å². The van der Waals surface area contributed by atoms with Crippen LogP contribution in [-0.2, 0) is 4.74 Å². The molecule has 0 saturated carbocycles. The molecule has 1 heterocycles. The fraction of sp³-hybridized carbons (Fsp3) is 0.556. The highest BCUT2D eigenvalue weighted by Crippen LogP contribution is 2.06. The van der Waals surface area contributed by atoms with E-state index in [0.29, 0.717) is 6.61 Å². The van der Waals surface area contributed by atoms with Crippen LogP contribution in [-0.4, -0.2) is 23.2 Å². The average Bonchev–Trinajstić information content (AvgIpc) is 2.19. The molecule has 13 heavy (non-hydrogen) atoms. The van der Waals surface area contributed by atoms with E-state index >= 15 is 0 Å². The predicted molar refractivity (Wildman–Crippen MR) is 50.1 cm³/mol. The van der Waals surface area contributed by atoms with Gasteiger partial charge in [-0.2, -0.15) is 0 Å². The maximum atomic E-state index is 5.83. The van der Waals surface area contributed by atoms with Crippen molar-refractivity contribution in [2.75, 3.05) is 13.2 Å². The molecule has 0 amide bonds. The van der Waals surface area contributed by atoms with E-state index < -0.39 is 0 Å². The van der Waals surface area contributed by atoms with Crippen LogP contribution in [0.5, 0.6) is 0 Å². The van der Waals surface area contributed by atoms with Gasteiger partial charge in [0.2, 0.25) is 0 Å². The van der Waals surface area contributed by atoms with E-state index in [1.54, 1.807) is 12.4 Å². The van der Waals surface area contributed by atoms with E-state index in [1.165, 1.54) is 6.33 Å². The molecule has 1 aromatic heterocycles. The Hall–Kier alpha value is -1.00. The molecule has 0 aliphatic rings. The van der Waals surface area contributed by atoms with Crippen LogP contribution < -0.4 is 5.73 Å². The number of ether oxygens (including phenoxy) is 1. The van der Waals surface area contributed by atoms with Gasteiger partial charge in [-0.15, -0.1) is 0 Å². The van der Waals surface area contributed by atoms with Gasteiger partial charge in [-0.3, -0.25) is 0 Å². The SMILES string of the molecule is CCCOCC(N)c1cncnc1. The third-order valence-electron chi connectivity index (χ3n) is 1.65. The Morgan fingerprint density at radius 1 is 1.46 bits per heavy atom. The summed E-state index contributed by atoms with van der Waals surface area (Å²) in [7, 11) is 0. The molecule has 0 aliphatic carbocycles. The minimum atomic E-state index is -0.118. The van der Waals surface area contributed by atoms with Crippen LogP contribution in [0.4, 0.5) is 0 Å². The molecule has 4 nitrogen and oxygen atoms in total. The van der Waals surface area contributed by atoms with Crippen molar-refractivity contribution in [2.45, 2.75) is 19.4 Å². The first kappa shape index (κ1) is 10.1. The van der Waals surface area contributed by atoms with E-state index in [1.807, 2.05) is 0 Å². The van der Waals surface area contributed by atoms with Gasteiger partial charge < -0.3 is 10.5 Å². The van der Waals surface area contributed by atoms with E-state index in [9.17, 15) is 0 Å². The smallest absolute Gasteiger partial charge is 0.115 e. The number of hydrogen-bond donors (Lipinski definition) is 1. The van der Waals surface area contributed by atoms with Crippen molar-refractivity contribution >= 4 is 0 Å². The first-order valence-corrected chi connectivity index (χ1v) is 4.42. The number of aromatic nitrogens is 2. The molecule has 0 spiro atoms. The molecule has 2 N–H and O–H groups in total. The fourth-order valence-corrected chi connectivity index (χ4v) is 0.953. The molecule has 1 aromatic rings. The van der Waals surface area contributed by atoms with Crippen LogP contribution in [0.25, 0.3) is 0 Å². The lowest BCUT2D eigenvalue weighted by molar-refractivity contribution is 0.121. The summed E-state index contributed by atoms with van der Waals surface area (Å²) in [6, 6.07) is -0.118. The Kier molecular flexibility index (Phi) is 4.35. The molecule has 1 unspecified atom stereocenters. The summed E-state index contributed by atoms with van der Waals surface area (Å²) < 4.78 is 5.32. The number of nitrogens with two attached hydrogens (primary N) is 1. The minimum absolute atomic E-state index is 0.118. The molecule has 1 atom stereocenters. The largest absolute Gasteiger partial charge is 0.379 e. The van der Waals surface area contributed by atoms with Gasteiger partial charge in [0.05, 0.1) is 12.6 Å². The van der Waals surface area contributed by atoms with Crippen LogP contribution in [0.3, 0.4) is 0 Å². The zero-order chi connectivity index (χ0) is 9.52. The van der Waals surface area contributed by atoms with Crippen LogP contribution >= 0.6 is 0 Å². The molecule has 72 valence electrons. The van der Waals surface area contributed by atoms with Crippen LogP contribution in [0.1, 0.15) is 24.9 Å². The Balaban J connectivity index is 2.35. The van der Waals surface area contributed by atoms with E-state index in [4.69, 9.17) is 10.5 Å². The van der Waals surface area contributed by atoms with E-state index in [2.05, 4.69) is 16.9 Å². The normalized spacial score (nSPS) is 12.8. The molecule has 0 fully saturated rings. The second kappa shape index (κ2) is 5.61. The van der Waals surface area contributed by atoms with E-state index in [0.717, 1.165) is 18.6 Å². The highest BCUT2D eigenvalue weighted by atomic mass is 16.5. The van der Waals surface area contributed by atoms with Gasteiger partial charge in [0, 0.05) is 24.6 Å². The molecule has 0 bridgehead atoms. The van der Waals surface area contributed by atoms with Crippen LogP contribution in [0, 0.1) is 0 Å². The predicted octanol–water partition coefficient (Wildman–Crippen LogP) is 0.903. The quantitative estimate of drug-likeness (QED) is 0.686. The third-order valence-corrected chi connectivity index (χ3v) is 1.65. The molecule has 0 aliphatic heterocycles. The summed E-state index contributed by atoms with van der Waals surface area (Å²) in [5, 5.41) is 0. The maximum Gasteiger partial charge on any atom is 0.115 e. The lowest BCUT2D eigenvalue weighted by atomic mass is 10.2. The molecule has 0 radical (unpaired) electrons. The van der Waals surface area contributed by atoms with Crippen molar-refractivity contribution in [1.29, 1.82) is 0 Å². The highest BCUT2D eigenvalue weighted by Gasteiger charge is 2.05. The van der Waals surface area contributed by atoms with Crippen molar-refractivity contribution in [3.8, 4) is 0 Å². The van der Waals surface area contributed by atoms with Gasteiger partial charge in [0.15, 0.2) is 0 Å². The van der Waals surface area contributed by atoms with Crippen molar-refractivity contribution in [3.63, 3.8) is 0 Å². The number of rotatable bonds is 5. The van der Waals surface area contributed by atoms with Crippen molar-refractivity contribution < 1.29 is 4.74 Å². The van der Waals surface area contributed by atoms with Crippen molar-refractivity contribution in [2.24, 2.45) is 5.73 Å². The number of nitrogens with zero attached hydrogens (tertiary/aromatic N) is 2. The van der Waals surface area contributed by atoms with Gasteiger partial charge in [-0.05, 0) is 6.42 Å². The second-order valence-corrected chi connectivity index (χ2v) is 2.85. The summed E-state index contributed by atoms with van der Waals surface area (Å²) in [5.41, 5.74) is 6.75. The van der Waals surface area contributed by atoms with Crippen molar-refractivity contribution in [3.05, 3.63) is 24.3 Å². The zero-order valence-corrected chi connectivity index (χ0v) is 7.81. The summed E-state index contributed by atoms with van der Waals surface area (Å²) >= 11 is 0. The molecule has 0 saturated heterocycles. The Labute approximate surface area is 78.1 Å². The monoisotopic (exact) mass is 181 g/mol. The van der Waals surface area contributed by atoms with Crippen LogP contribution in [0.2, 0.25) is 0 Å². The lowest BCUT2D eigenvalue weighted by Crippen LogP contribution is -2.17. The Bertz CT molecular complexity index is 228. The molecule has 1 rings (SSSR count). The van der Waals surface area contributed by atoms with E-state index in [-0.39, 0.29) is 6.04 Å². The number of hydrogen-bond acceptors (Lipinski definition) is 4. The van der Waals surface area contributed by atoms with Crippen LogP contribution in [0.15, 0.2) is 18.7 Å². The van der Waals surface area contributed by atoms with Crippen molar-refractivity contribution in [1.82, 2.24) is 9.97 Å². The first-order chi connectivity index (χ1) is 6.34. The average molecular weight is 181 g/mol. The molecule has 4 heteroatoms. The summed E-state index contributed by atoms with van der Waals surface area (Å²) in [4.78, 5) is 7.77. The molecule has 0 aromatic carbocycles. The van der Waals surface area contributed by atoms with Gasteiger partial charge >= 0.3 is 0 Å². The standard InChI is InChI=1S/C9H15N3O/c1-2-3-13-6-9(10)8-4-11-7-12-5-8/h4-5,7,9H,2-3,6,10H2,1H3. The second-order valence-electron chi connectivity index (χ2n) is 2.85. The summed E-state index contributed by atoms with van der Waals surface area (Å²) in [5.74, 6) is 0. The topological polar surface area (TPSA) is 61.0 Å². The summed E-state index contributed by atoms with van der Waals surface area (Å²) in [6.45, 7) is 3.35. The maximum absolute atomic E-state index is 5.83. The lowest BCUT2D eigenvalue weighted by Gasteiger charge is -2.10. The van der Waals surface area contributed by atoms with Gasteiger partial charge in [-0.25, -0.2) is 9.97 Å². The van der Waals surface area contributed by atoms with Gasteiger partial charge in [0.1, 0.15) is 6.33 Å². The minimum Gasteiger partial charge on any atom is -0.379 e. The third kappa shape index (κ3) is 3.48. The first-order valence-electron chi connectivity index (χ1n) is 4.42. The molecular weight excluding hydrogens is 166 g/mol. The Morgan fingerprint density at radius 2 is 2.15 bits per heavy atom. The Morgan fingerprint density at radius 3 is 2.77 bits per heavy atom. The molecular formula is C9H15N3O. The fourth-order valence-electron chi connectivity index (χ4n) is 0.953. The van der Waals surface area contributed by atoms with Gasteiger partial charge in [-0.1, -0.05) is 6.92 Å². The zero-order valence-electron chi connectivity index (χ0n) is 7.81. The highest BCUT2D eigenvalue weighted by molar-refractivity contribution is 5.07.